The fraction of sp³-hybridized carbons (Fsp3) is 0.833. The molecule has 0 aromatic heterocycles. The maximum atomic E-state index is 12.4. The minimum atomic E-state index is -0.626. The summed E-state index contributed by atoms with van der Waals surface area (Å²) in [6, 6.07) is 0.289. The highest BCUT2D eigenvalue weighted by Gasteiger charge is 2.30. The summed E-state index contributed by atoms with van der Waals surface area (Å²) in [5.74, 6) is 0.0429. The van der Waals surface area contributed by atoms with E-state index in [0.29, 0.717) is 25.9 Å². The topological polar surface area (TPSA) is 78.5 Å². The van der Waals surface area contributed by atoms with Gasteiger partial charge >= 0.3 is 0 Å². The molecule has 0 atom stereocenters. The first-order valence-corrected chi connectivity index (χ1v) is 9.24. The van der Waals surface area contributed by atoms with Crippen LogP contribution in [0, 0.1) is 5.41 Å². The lowest BCUT2D eigenvalue weighted by Crippen LogP contribution is -2.48. The van der Waals surface area contributed by atoms with Gasteiger partial charge in [-0.25, -0.2) is 0 Å². The van der Waals surface area contributed by atoms with E-state index in [2.05, 4.69) is 10.6 Å². The molecule has 0 radical (unpaired) electrons. The summed E-state index contributed by atoms with van der Waals surface area (Å²) in [5, 5.41) is 5.93. The molecule has 0 bridgehead atoms. The predicted molar refractivity (Wildman–Crippen MR) is 92.2 cm³/mol. The third kappa shape index (κ3) is 5.49. The largest absolute Gasteiger partial charge is 0.355 e. The highest BCUT2D eigenvalue weighted by Crippen LogP contribution is 2.21. The third-order valence-corrected chi connectivity index (χ3v) is 5.06. The molecule has 1 saturated carbocycles. The zero-order valence-electron chi connectivity index (χ0n) is 15.0. The quantitative estimate of drug-likeness (QED) is 0.740. The van der Waals surface area contributed by atoms with Crippen LogP contribution >= 0.6 is 0 Å². The highest BCUT2D eigenvalue weighted by molar-refractivity contribution is 5.84. The van der Waals surface area contributed by atoms with Crippen molar-refractivity contribution in [1.29, 1.82) is 0 Å². The monoisotopic (exact) mass is 337 g/mol. The number of rotatable bonds is 7. The minimum absolute atomic E-state index is 0.000841. The molecule has 2 fully saturated rings. The van der Waals surface area contributed by atoms with Crippen LogP contribution < -0.4 is 10.6 Å². The van der Waals surface area contributed by atoms with Crippen molar-refractivity contribution in [3.8, 4) is 0 Å². The van der Waals surface area contributed by atoms with Crippen LogP contribution in [0.1, 0.15) is 65.2 Å². The smallest absolute Gasteiger partial charge is 0.227 e. The van der Waals surface area contributed by atoms with Gasteiger partial charge in [0, 0.05) is 38.5 Å². The molecule has 6 heteroatoms. The summed E-state index contributed by atoms with van der Waals surface area (Å²) in [7, 11) is 0. The van der Waals surface area contributed by atoms with Crippen molar-refractivity contribution in [1.82, 2.24) is 15.5 Å². The number of amides is 3. The number of nitrogens with one attached hydrogen (secondary N) is 2. The molecule has 2 aliphatic rings. The SMILES string of the molecule is CC(C)(CNC(=O)CCN1CCCCC1=O)C(=O)NC1CCCC1. The van der Waals surface area contributed by atoms with Gasteiger partial charge in [-0.05, 0) is 39.5 Å². The molecule has 1 saturated heterocycles. The minimum Gasteiger partial charge on any atom is -0.355 e. The Bertz CT molecular complexity index is 470. The molecular formula is C18H31N3O3. The number of likely N-dealkylation sites (tertiary alicyclic amines) is 1. The van der Waals surface area contributed by atoms with Gasteiger partial charge in [-0.2, -0.15) is 0 Å². The van der Waals surface area contributed by atoms with Crippen LogP contribution in [0.3, 0.4) is 0 Å². The van der Waals surface area contributed by atoms with E-state index in [9.17, 15) is 14.4 Å². The summed E-state index contributed by atoms with van der Waals surface area (Å²) in [4.78, 5) is 37.9. The Balaban J connectivity index is 1.69. The summed E-state index contributed by atoms with van der Waals surface area (Å²) >= 11 is 0. The van der Waals surface area contributed by atoms with E-state index in [1.54, 1.807) is 4.90 Å². The molecule has 6 nitrogen and oxygen atoms in total. The van der Waals surface area contributed by atoms with E-state index in [1.807, 2.05) is 13.8 Å². The zero-order chi connectivity index (χ0) is 17.6. The normalized spacial score (nSPS) is 19.4. The molecule has 136 valence electrons. The average Bonchev–Trinajstić information content (AvgIpc) is 3.05. The molecule has 1 aliphatic heterocycles. The van der Waals surface area contributed by atoms with Gasteiger partial charge < -0.3 is 15.5 Å². The van der Waals surface area contributed by atoms with Crippen molar-refractivity contribution >= 4 is 17.7 Å². The van der Waals surface area contributed by atoms with Gasteiger partial charge in [0.1, 0.15) is 0 Å². The Morgan fingerprint density at radius 1 is 1.17 bits per heavy atom. The second kappa shape index (κ2) is 8.49. The average molecular weight is 337 g/mol. The first-order chi connectivity index (χ1) is 11.4. The zero-order valence-corrected chi connectivity index (χ0v) is 15.0. The number of nitrogens with zero attached hydrogens (tertiary/aromatic N) is 1. The number of hydrogen-bond acceptors (Lipinski definition) is 3. The Labute approximate surface area is 144 Å². The lowest BCUT2D eigenvalue weighted by molar-refractivity contribution is -0.133. The predicted octanol–water partition coefficient (Wildman–Crippen LogP) is 1.59. The van der Waals surface area contributed by atoms with E-state index in [1.165, 1.54) is 12.8 Å². The van der Waals surface area contributed by atoms with Gasteiger partial charge in [-0.1, -0.05) is 12.8 Å². The van der Waals surface area contributed by atoms with Crippen LogP contribution in [0.2, 0.25) is 0 Å². The Morgan fingerprint density at radius 3 is 2.54 bits per heavy atom. The maximum Gasteiger partial charge on any atom is 0.227 e. The molecule has 24 heavy (non-hydrogen) atoms. The van der Waals surface area contributed by atoms with Crippen LogP contribution in [0.15, 0.2) is 0 Å². The molecule has 0 spiro atoms. The first-order valence-electron chi connectivity index (χ1n) is 9.24. The van der Waals surface area contributed by atoms with Gasteiger partial charge in [0.15, 0.2) is 0 Å². The second-order valence-electron chi connectivity index (χ2n) is 7.70. The molecule has 2 N–H and O–H groups in total. The Hall–Kier alpha value is -1.59. The molecular weight excluding hydrogens is 306 g/mol. The fourth-order valence-electron chi connectivity index (χ4n) is 3.27. The molecule has 0 unspecified atom stereocenters. The highest BCUT2D eigenvalue weighted by atomic mass is 16.2. The van der Waals surface area contributed by atoms with Crippen molar-refractivity contribution in [2.75, 3.05) is 19.6 Å². The molecule has 1 aliphatic carbocycles. The molecule has 3 amide bonds. The van der Waals surface area contributed by atoms with Crippen molar-refractivity contribution in [3.05, 3.63) is 0 Å². The molecule has 2 rings (SSSR count). The van der Waals surface area contributed by atoms with Crippen molar-refractivity contribution in [2.24, 2.45) is 5.41 Å². The summed E-state index contributed by atoms with van der Waals surface area (Å²) in [6.45, 7) is 5.25. The lowest BCUT2D eigenvalue weighted by atomic mass is 9.91. The summed E-state index contributed by atoms with van der Waals surface area (Å²) in [6.07, 6.45) is 7.32. The van der Waals surface area contributed by atoms with Crippen LogP contribution in [-0.4, -0.2) is 48.3 Å². The van der Waals surface area contributed by atoms with Gasteiger partial charge in [0.2, 0.25) is 17.7 Å². The standard InChI is InChI=1S/C18H31N3O3/c1-18(2,17(24)20-14-7-3-4-8-14)13-19-15(22)10-12-21-11-6-5-9-16(21)23/h14H,3-13H2,1-2H3,(H,19,22)(H,20,24). The number of hydrogen-bond donors (Lipinski definition) is 2. The van der Waals surface area contributed by atoms with Crippen LogP contribution in [0.4, 0.5) is 0 Å². The van der Waals surface area contributed by atoms with Crippen LogP contribution in [0.25, 0.3) is 0 Å². The van der Waals surface area contributed by atoms with Gasteiger partial charge in [-0.15, -0.1) is 0 Å². The third-order valence-electron chi connectivity index (χ3n) is 5.06. The maximum absolute atomic E-state index is 12.4. The summed E-state index contributed by atoms with van der Waals surface area (Å²) in [5.41, 5.74) is -0.626. The van der Waals surface area contributed by atoms with E-state index in [0.717, 1.165) is 32.2 Å². The van der Waals surface area contributed by atoms with Crippen LogP contribution in [-0.2, 0) is 14.4 Å². The lowest BCUT2D eigenvalue weighted by Gasteiger charge is -2.28. The second-order valence-corrected chi connectivity index (χ2v) is 7.70. The Kier molecular flexibility index (Phi) is 6.63. The van der Waals surface area contributed by atoms with E-state index < -0.39 is 5.41 Å². The van der Waals surface area contributed by atoms with Gasteiger partial charge in [-0.3, -0.25) is 14.4 Å². The van der Waals surface area contributed by atoms with Crippen molar-refractivity contribution in [2.45, 2.75) is 71.3 Å². The molecule has 0 aromatic rings. The van der Waals surface area contributed by atoms with Crippen molar-refractivity contribution in [3.63, 3.8) is 0 Å². The number of carbonyl (C=O) groups is 3. The van der Waals surface area contributed by atoms with E-state index in [4.69, 9.17) is 0 Å². The van der Waals surface area contributed by atoms with E-state index in [-0.39, 0.29) is 23.8 Å². The molecule has 1 heterocycles. The number of piperidine rings is 1. The first kappa shape index (κ1) is 18.7. The fourth-order valence-corrected chi connectivity index (χ4v) is 3.27. The summed E-state index contributed by atoms with van der Waals surface area (Å²) < 4.78 is 0. The van der Waals surface area contributed by atoms with Gasteiger partial charge in [0.25, 0.3) is 0 Å². The van der Waals surface area contributed by atoms with Crippen molar-refractivity contribution < 1.29 is 14.4 Å². The Morgan fingerprint density at radius 2 is 1.88 bits per heavy atom. The number of carbonyl (C=O) groups excluding carboxylic acids is 3. The van der Waals surface area contributed by atoms with E-state index >= 15 is 0 Å². The molecule has 0 aromatic carbocycles. The van der Waals surface area contributed by atoms with Crippen LogP contribution in [0.5, 0.6) is 0 Å². The van der Waals surface area contributed by atoms with Gasteiger partial charge in [0.05, 0.1) is 5.41 Å².